The van der Waals surface area contributed by atoms with Gasteiger partial charge in [-0.3, -0.25) is 14.9 Å². The average Bonchev–Trinajstić information content (AvgIpc) is 3.06. The number of carbonyl (C=O) groups is 2. The van der Waals surface area contributed by atoms with Crippen molar-refractivity contribution in [1.29, 1.82) is 0 Å². The summed E-state index contributed by atoms with van der Waals surface area (Å²) in [6.07, 6.45) is 2.01. The molecule has 0 radical (unpaired) electrons. The summed E-state index contributed by atoms with van der Waals surface area (Å²) < 4.78 is 13.7. The van der Waals surface area contributed by atoms with Crippen molar-refractivity contribution >= 4 is 40.0 Å². The van der Waals surface area contributed by atoms with Gasteiger partial charge in [0.25, 0.3) is 0 Å². The van der Waals surface area contributed by atoms with E-state index in [-0.39, 0.29) is 42.0 Å². The molecule has 1 aliphatic rings. The van der Waals surface area contributed by atoms with Crippen LogP contribution in [-0.4, -0.2) is 28.3 Å². The third-order valence-electron chi connectivity index (χ3n) is 3.58. The van der Waals surface area contributed by atoms with Gasteiger partial charge in [0, 0.05) is 36.2 Å². The van der Waals surface area contributed by atoms with Crippen LogP contribution in [0.2, 0.25) is 0 Å². The van der Waals surface area contributed by atoms with Gasteiger partial charge < -0.3 is 10.6 Å². The zero-order valence-electron chi connectivity index (χ0n) is 13.2. The number of thiazole rings is 1. The van der Waals surface area contributed by atoms with Gasteiger partial charge in [-0.2, -0.15) is 0 Å². The van der Waals surface area contributed by atoms with Crippen LogP contribution in [-0.2, 0) is 15.3 Å². The summed E-state index contributed by atoms with van der Waals surface area (Å²) in [6, 6.07) is 6.27. The number of halogens is 1. The molecule has 3 rings (SSSR count). The van der Waals surface area contributed by atoms with Crippen molar-refractivity contribution in [3.8, 4) is 0 Å². The van der Waals surface area contributed by atoms with Crippen molar-refractivity contribution in [2.75, 3.05) is 5.32 Å². The fourth-order valence-corrected chi connectivity index (χ4v) is 4.06. The van der Waals surface area contributed by atoms with Crippen molar-refractivity contribution in [3.63, 3.8) is 0 Å². The molecule has 132 valence electrons. The molecule has 0 spiro atoms. The number of benzene rings is 1. The molecule has 6 nitrogen and oxygen atoms in total. The summed E-state index contributed by atoms with van der Waals surface area (Å²) in [5.41, 5.74) is 0.214. The lowest BCUT2D eigenvalue weighted by Crippen LogP contribution is -2.55. The third kappa shape index (κ3) is 5.25. The summed E-state index contributed by atoms with van der Waals surface area (Å²) in [5, 5.41) is 11.0. The molecule has 2 aromatic rings. The van der Waals surface area contributed by atoms with E-state index in [2.05, 4.69) is 20.9 Å². The van der Waals surface area contributed by atoms with E-state index in [0.717, 1.165) is 0 Å². The van der Waals surface area contributed by atoms with Gasteiger partial charge in [-0.15, -0.1) is 23.1 Å². The molecule has 2 amide bonds. The molecule has 0 saturated carbocycles. The fourth-order valence-electron chi connectivity index (χ4n) is 2.43. The Labute approximate surface area is 152 Å². The number of nitrogens with zero attached hydrogens (tertiary/aromatic N) is 1. The van der Waals surface area contributed by atoms with Crippen molar-refractivity contribution in [1.82, 2.24) is 15.6 Å². The molecule has 2 unspecified atom stereocenters. The van der Waals surface area contributed by atoms with E-state index in [1.807, 2.05) is 0 Å². The molecular weight excluding hydrogens is 363 g/mol. The van der Waals surface area contributed by atoms with Gasteiger partial charge in [0.05, 0.1) is 0 Å². The van der Waals surface area contributed by atoms with Crippen LogP contribution in [0.4, 0.5) is 9.52 Å². The maximum atomic E-state index is 13.7. The first kappa shape index (κ1) is 17.8. The molecule has 25 heavy (non-hydrogen) atoms. The van der Waals surface area contributed by atoms with Crippen molar-refractivity contribution in [2.24, 2.45) is 0 Å². The van der Waals surface area contributed by atoms with Crippen LogP contribution >= 0.6 is 23.1 Å². The number of hydrogen-bond acceptors (Lipinski definition) is 6. The second kappa shape index (κ2) is 8.41. The van der Waals surface area contributed by atoms with Crippen LogP contribution in [0.15, 0.2) is 35.8 Å². The Kier molecular flexibility index (Phi) is 6.00. The van der Waals surface area contributed by atoms with Crippen LogP contribution in [0, 0.1) is 5.82 Å². The van der Waals surface area contributed by atoms with Crippen molar-refractivity contribution in [2.45, 2.75) is 30.1 Å². The first-order valence-corrected chi connectivity index (χ1v) is 9.63. The van der Waals surface area contributed by atoms with Crippen LogP contribution in [0.5, 0.6) is 0 Å². The predicted octanol–water partition coefficient (Wildman–Crippen LogP) is 2.31. The number of hydrogen-bond donors (Lipinski definition) is 3. The maximum absolute atomic E-state index is 13.7. The van der Waals surface area contributed by atoms with Crippen LogP contribution in [0.3, 0.4) is 0 Å². The number of carbonyl (C=O) groups excluding carboxylic acids is 2. The minimum absolute atomic E-state index is 0.128. The third-order valence-corrected chi connectivity index (χ3v) is 5.34. The molecule has 9 heteroatoms. The van der Waals surface area contributed by atoms with E-state index < -0.39 is 0 Å². The summed E-state index contributed by atoms with van der Waals surface area (Å²) >= 11 is 2.72. The molecule has 0 bridgehead atoms. The highest BCUT2D eigenvalue weighted by Gasteiger charge is 2.27. The van der Waals surface area contributed by atoms with Gasteiger partial charge in [0.2, 0.25) is 11.8 Å². The average molecular weight is 380 g/mol. The molecule has 3 N–H and O–H groups in total. The van der Waals surface area contributed by atoms with Gasteiger partial charge in [0.15, 0.2) is 5.13 Å². The van der Waals surface area contributed by atoms with Gasteiger partial charge >= 0.3 is 0 Å². The highest BCUT2D eigenvalue weighted by atomic mass is 32.2. The van der Waals surface area contributed by atoms with Crippen molar-refractivity contribution < 1.29 is 14.0 Å². The normalized spacial score (nSPS) is 20.1. The monoisotopic (exact) mass is 380 g/mol. The Hall–Kier alpha value is -1.97. The zero-order valence-corrected chi connectivity index (χ0v) is 14.8. The lowest BCUT2D eigenvalue weighted by Gasteiger charge is -2.30. The Morgan fingerprint density at radius 3 is 3.04 bits per heavy atom. The van der Waals surface area contributed by atoms with E-state index in [9.17, 15) is 14.0 Å². The molecule has 1 aromatic heterocycles. The van der Waals surface area contributed by atoms with E-state index in [0.29, 0.717) is 16.4 Å². The smallest absolute Gasteiger partial charge is 0.227 e. The summed E-state index contributed by atoms with van der Waals surface area (Å²) in [4.78, 5) is 27.9. The number of nitrogens with one attached hydrogen (secondary N) is 3. The molecule has 2 atom stereocenters. The zero-order chi connectivity index (χ0) is 17.6. The fraction of sp³-hybridized carbons (Fsp3) is 0.312. The lowest BCUT2D eigenvalue weighted by atomic mass is 10.1. The standard InChI is InChI=1S/C16H17FN4O2S2/c17-12-4-2-1-3-10(12)9-25-16-19-11(8-14(23)21-16)7-13(22)20-15-18-5-6-24-15/h1-6,11,16,19H,7-9H2,(H,21,23)(H,18,20,22). The van der Waals surface area contributed by atoms with Crippen LogP contribution < -0.4 is 16.0 Å². The number of thioether (sulfide) groups is 1. The highest BCUT2D eigenvalue weighted by molar-refractivity contribution is 7.99. The molecule has 1 saturated heterocycles. The summed E-state index contributed by atoms with van der Waals surface area (Å²) in [7, 11) is 0. The van der Waals surface area contributed by atoms with Gasteiger partial charge in [-0.05, 0) is 11.6 Å². The first-order valence-electron chi connectivity index (χ1n) is 7.70. The number of aromatic nitrogens is 1. The predicted molar refractivity (Wildman–Crippen MR) is 96.5 cm³/mol. The van der Waals surface area contributed by atoms with Gasteiger partial charge in [0.1, 0.15) is 11.3 Å². The van der Waals surface area contributed by atoms with E-state index in [1.165, 1.54) is 29.2 Å². The Bertz CT molecular complexity index is 741. The van der Waals surface area contributed by atoms with Crippen molar-refractivity contribution in [3.05, 3.63) is 47.2 Å². The highest BCUT2D eigenvalue weighted by Crippen LogP contribution is 2.21. The van der Waals surface area contributed by atoms with Gasteiger partial charge in [-0.1, -0.05) is 18.2 Å². The summed E-state index contributed by atoms with van der Waals surface area (Å²) in [6.45, 7) is 0. The number of anilines is 1. The molecule has 1 aliphatic heterocycles. The quantitative estimate of drug-likeness (QED) is 0.716. The Morgan fingerprint density at radius 1 is 1.44 bits per heavy atom. The minimum Gasteiger partial charge on any atom is -0.332 e. The van der Waals surface area contributed by atoms with Crippen LogP contribution in [0.25, 0.3) is 0 Å². The minimum atomic E-state index is -0.362. The number of rotatable bonds is 6. The lowest BCUT2D eigenvalue weighted by molar-refractivity contribution is -0.124. The Balaban J connectivity index is 1.51. The molecular formula is C16H17FN4O2S2. The molecule has 1 fully saturated rings. The van der Waals surface area contributed by atoms with Gasteiger partial charge in [-0.25, -0.2) is 9.37 Å². The largest absolute Gasteiger partial charge is 0.332 e. The van der Waals surface area contributed by atoms with Crippen LogP contribution in [0.1, 0.15) is 18.4 Å². The van der Waals surface area contributed by atoms with E-state index in [1.54, 1.807) is 29.8 Å². The molecule has 0 aliphatic carbocycles. The summed E-state index contributed by atoms with van der Waals surface area (Å²) in [5.74, 6) is -0.170. The molecule has 1 aromatic carbocycles. The maximum Gasteiger partial charge on any atom is 0.227 e. The molecule has 2 heterocycles. The second-order valence-corrected chi connectivity index (χ2v) is 7.50. The topological polar surface area (TPSA) is 83.1 Å². The van der Waals surface area contributed by atoms with E-state index in [4.69, 9.17) is 0 Å². The van der Waals surface area contributed by atoms with E-state index >= 15 is 0 Å². The second-order valence-electron chi connectivity index (χ2n) is 5.51. The Morgan fingerprint density at radius 2 is 2.28 bits per heavy atom. The SMILES string of the molecule is O=C(CC1CC(=O)NC(SCc2ccccc2F)N1)Nc1nccs1. The number of amides is 2. The first-order chi connectivity index (χ1) is 12.1.